The van der Waals surface area contributed by atoms with E-state index in [4.69, 9.17) is 9.47 Å². The molecular weight excluding hydrogens is 262 g/mol. The van der Waals surface area contributed by atoms with Crippen LogP contribution in [-0.2, 0) is 6.54 Å². The minimum Gasteiger partial charge on any atom is -0.493 e. The van der Waals surface area contributed by atoms with Crippen LogP contribution in [0.2, 0.25) is 0 Å². The van der Waals surface area contributed by atoms with E-state index in [0.717, 1.165) is 50.5 Å². The lowest BCUT2D eigenvalue weighted by molar-refractivity contribution is 0.285. The quantitative estimate of drug-likeness (QED) is 0.459. The molecule has 0 heterocycles. The fraction of sp³-hybridized carbons (Fsp3) is 0.556. The number of unbranched alkanes of at least 4 members (excludes halogenated alkanes) is 3. The van der Waals surface area contributed by atoms with Gasteiger partial charge >= 0.3 is 0 Å². The minimum atomic E-state index is 0.735. The van der Waals surface area contributed by atoms with Gasteiger partial charge in [-0.25, -0.2) is 0 Å². The topological polar surface area (TPSA) is 30.5 Å². The molecule has 0 saturated heterocycles. The molecule has 0 atom stereocenters. The van der Waals surface area contributed by atoms with Gasteiger partial charge in [-0.2, -0.15) is 0 Å². The fourth-order valence-corrected chi connectivity index (χ4v) is 2.10. The number of benzene rings is 1. The first kappa shape index (κ1) is 17.6. The normalized spacial score (nSPS) is 10.4. The minimum absolute atomic E-state index is 0.735. The molecule has 1 N–H and O–H groups in total. The van der Waals surface area contributed by atoms with Gasteiger partial charge in [0.1, 0.15) is 0 Å². The molecule has 3 nitrogen and oxygen atoms in total. The highest BCUT2D eigenvalue weighted by atomic mass is 16.5. The predicted molar refractivity (Wildman–Crippen MR) is 89.2 cm³/mol. The zero-order valence-electron chi connectivity index (χ0n) is 13.5. The predicted octanol–water partition coefficient (Wildman–Crippen LogP) is 4.32. The average molecular weight is 291 g/mol. The Hall–Kier alpha value is -1.48. The Morgan fingerprint density at radius 1 is 1.19 bits per heavy atom. The van der Waals surface area contributed by atoms with Crippen molar-refractivity contribution in [3.63, 3.8) is 0 Å². The van der Waals surface area contributed by atoms with Crippen molar-refractivity contribution in [1.29, 1.82) is 0 Å². The molecule has 3 heteroatoms. The molecule has 0 radical (unpaired) electrons. The van der Waals surface area contributed by atoms with Crippen LogP contribution in [0.1, 0.15) is 44.6 Å². The molecule has 0 aliphatic heterocycles. The molecule has 0 fully saturated rings. The van der Waals surface area contributed by atoms with Crippen molar-refractivity contribution < 1.29 is 9.47 Å². The Bertz CT molecular complexity index is 404. The van der Waals surface area contributed by atoms with E-state index >= 15 is 0 Å². The van der Waals surface area contributed by atoms with Crippen LogP contribution in [-0.4, -0.2) is 20.3 Å². The summed E-state index contributed by atoms with van der Waals surface area (Å²) in [6.45, 7) is 8.54. The SMILES string of the molecule is C=CCCCCCOc1cc(CNCCC)ccc1OC. The van der Waals surface area contributed by atoms with Gasteiger partial charge in [-0.15, -0.1) is 6.58 Å². The lowest BCUT2D eigenvalue weighted by atomic mass is 10.2. The summed E-state index contributed by atoms with van der Waals surface area (Å²) in [6, 6.07) is 6.14. The number of rotatable bonds is 12. The highest BCUT2D eigenvalue weighted by Crippen LogP contribution is 2.28. The summed E-state index contributed by atoms with van der Waals surface area (Å²) in [6.07, 6.45) is 7.62. The number of hydrogen-bond acceptors (Lipinski definition) is 3. The molecule has 1 aromatic carbocycles. The molecular formula is C18H29NO2. The molecule has 0 aromatic heterocycles. The number of allylic oxidation sites excluding steroid dienone is 1. The van der Waals surface area contributed by atoms with E-state index < -0.39 is 0 Å². The zero-order valence-corrected chi connectivity index (χ0v) is 13.5. The molecule has 0 spiro atoms. The number of ether oxygens (including phenoxy) is 2. The van der Waals surface area contributed by atoms with Crippen LogP contribution in [0.5, 0.6) is 11.5 Å². The molecule has 0 saturated carbocycles. The summed E-state index contributed by atoms with van der Waals surface area (Å²) < 4.78 is 11.2. The molecule has 0 unspecified atom stereocenters. The Morgan fingerprint density at radius 2 is 2.05 bits per heavy atom. The van der Waals surface area contributed by atoms with Crippen molar-refractivity contribution in [3.8, 4) is 11.5 Å². The summed E-state index contributed by atoms with van der Waals surface area (Å²) in [4.78, 5) is 0. The summed E-state index contributed by atoms with van der Waals surface area (Å²) in [5.41, 5.74) is 1.23. The Balaban J connectivity index is 2.45. The van der Waals surface area contributed by atoms with Gasteiger partial charge in [0.25, 0.3) is 0 Å². The van der Waals surface area contributed by atoms with Gasteiger partial charge in [-0.1, -0.05) is 19.1 Å². The molecule has 0 amide bonds. The van der Waals surface area contributed by atoms with E-state index in [1.165, 1.54) is 18.4 Å². The molecule has 118 valence electrons. The van der Waals surface area contributed by atoms with Crippen molar-refractivity contribution in [3.05, 3.63) is 36.4 Å². The highest BCUT2D eigenvalue weighted by Gasteiger charge is 2.05. The molecule has 1 aromatic rings. The summed E-state index contributed by atoms with van der Waals surface area (Å²) in [7, 11) is 1.68. The second-order valence-electron chi connectivity index (χ2n) is 5.15. The maximum Gasteiger partial charge on any atom is 0.161 e. The first-order chi connectivity index (χ1) is 10.3. The maximum absolute atomic E-state index is 5.88. The van der Waals surface area contributed by atoms with Crippen molar-refractivity contribution in [2.45, 2.75) is 45.6 Å². The first-order valence-corrected chi connectivity index (χ1v) is 7.93. The van der Waals surface area contributed by atoms with Crippen LogP contribution in [0, 0.1) is 0 Å². The Kier molecular flexibility index (Phi) is 9.38. The van der Waals surface area contributed by atoms with Crippen LogP contribution in [0.3, 0.4) is 0 Å². The largest absolute Gasteiger partial charge is 0.493 e. The first-order valence-electron chi connectivity index (χ1n) is 7.93. The van der Waals surface area contributed by atoms with Gasteiger partial charge in [-0.05, 0) is 56.3 Å². The van der Waals surface area contributed by atoms with Crippen molar-refractivity contribution in [2.24, 2.45) is 0 Å². The van der Waals surface area contributed by atoms with E-state index in [2.05, 4.69) is 31.0 Å². The van der Waals surface area contributed by atoms with Crippen molar-refractivity contribution >= 4 is 0 Å². The molecule has 0 aliphatic carbocycles. The van der Waals surface area contributed by atoms with E-state index in [1.807, 2.05) is 12.1 Å². The van der Waals surface area contributed by atoms with Gasteiger partial charge in [0.2, 0.25) is 0 Å². The lowest BCUT2D eigenvalue weighted by Gasteiger charge is -2.12. The number of hydrogen-bond donors (Lipinski definition) is 1. The summed E-state index contributed by atoms with van der Waals surface area (Å²) >= 11 is 0. The second kappa shape index (κ2) is 11.2. The van der Waals surface area contributed by atoms with Gasteiger partial charge < -0.3 is 14.8 Å². The Morgan fingerprint density at radius 3 is 2.76 bits per heavy atom. The van der Waals surface area contributed by atoms with Gasteiger partial charge in [0, 0.05) is 6.54 Å². The highest BCUT2D eigenvalue weighted by molar-refractivity contribution is 5.42. The van der Waals surface area contributed by atoms with Crippen molar-refractivity contribution in [1.82, 2.24) is 5.32 Å². The van der Waals surface area contributed by atoms with E-state index in [9.17, 15) is 0 Å². The van der Waals surface area contributed by atoms with E-state index in [-0.39, 0.29) is 0 Å². The summed E-state index contributed by atoms with van der Waals surface area (Å²) in [5, 5.41) is 3.40. The Labute approximate surface area is 129 Å². The zero-order chi connectivity index (χ0) is 15.3. The molecule has 0 bridgehead atoms. The smallest absolute Gasteiger partial charge is 0.161 e. The third-order valence-electron chi connectivity index (χ3n) is 3.29. The van der Waals surface area contributed by atoms with Gasteiger partial charge in [-0.3, -0.25) is 0 Å². The molecule has 1 rings (SSSR count). The molecule has 0 aliphatic rings. The molecule has 21 heavy (non-hydrogen) atoms. The maximum atomic E-state index is 5.88. The van der Waals surface area contributed by atoms with Crippen LogP contribution in [0.4, 0.5) is 0 Å². The van der Waals surface area contributed by atoms with Crippen LogP contribution >= 0.6 is 0 Å². The van der Waals surface area contributed by atoms with Crippen molar-refractivity contribution in [2.75, 3.05) is 20.3 Å². The fourth-order valence-electron chi connectivity index (χ4n) is 2.10. The van der Waals surface area contributed by atoms with Gasteiger partial charge in [0.15, 0.2) is 11.5 Å². The van der Waals surface area contributed by atoms with Crippen LogP contribution < -0.4 is 14.8 Å². The van der Waals surface area contributed by atoms with Gasteiger partial charge in [0.05, 0.1) is 13.7 Å². The number of methoxy groups -OCH3 is 1. The van der Waals surface area contributed by atoms with E-state index in [1.54, 1.807) is 7.11 Å². The number of nitrogens with one attached hydrogen (secondary N) is 1. The average Bonchev–Trinajstić information content (AvgIpc) is 2.51. The third-order valence-corrected chi connectivity index (χ3v) is 3.29. The van der Waals surface area contributed by atoms with Crippen LogP contribution in [0.15, 0.2) is 30.9 Å². The summed E-state index contributed by atoms with van der Waals surface area (Å²) in [5.74, 6) is 1.65. The van der Waals surface area contributed by atoms with Crippen LogP contribution in [0.25, 0.3) is 0 Å². The monoisotopic (exact) mass is 291 g/mol. The lowest BCUT2D eigenvalue weighted by Crippen LogP contribution is -2.13. The standard InChI is InChI=1S/C18H29NO2/c1-4-6-7-8-9-13-21-18-14-16(15-19-12-5-2)10-11-17(18)20-3/h4,10-11,14,19H,1,5-9,12-13,15H2,2-3H3. The second-order valence-corrected chi connectivity index (χ2v) is 5.15. The third kappa shape index (κ3) is 7.19. The van der Waals surface area contributed by atoms with E-state index in [0.29, 0.717) is 0 Å².